The molecule has 2 rings (SSSR count). The van der Waals surface area contributed by atoms with Crippen molar-refractivity contribution in [2.24, 2.45) is 0 Å². The number of hydrogen-bond donors (Lipinski definition) is 1. The number of ether oxygens (including phenoxy) is 1. The van der Waals surface area contributed by atoms with Crippen molar-refractivity contribution in [1.29, 1.82) is 0 Å². The maximum atomic E-state index is 5.90. The van der Waals surface area contributed by atoms with Gasteiger partial charge in [0.1, 0.15) is 10.8 Å². The molecule has 1 heterocycles. The van der Waals surface area contributed by atoms with Crippen LogP contribution in [-0.4, -0.2) is 16.8 Å². The number of nitrogens with two attached hydrogens (primary N) is 1. The van der Waals surface area contributed by atoms with Crippen LogP contribution in [0.5, 0.6) is 5.75 Å². The van der Waals surface area contributed by atoms with E-state index in [4.69, 9.17) is 33.7 Å². The average molecular weight is 318 g/mol. The fourth-order valence-corrected chi connectivity index (χ4v) is 2.44. The first-order chi connectivity index (χ1) is 9.15. The lowest BCUT2D eigenvalue weighted by atomic mass is 10.2. The molecule has 0 aliphatic carbocycles. The van der Waals surface area contributed by atoms with Crippen molar-refractivity contribution < 1.29 is 4.74 Å². The van der Waals surface area contributed by atoms with E-state index >= 15 is 0 Å². The maximum Gasteiger partial charge on any atom is 0.203 e. The summed E-state index contributed by atoms with van der Waals surface area (Å²) in [4.78, 5) is 0. The monoisotopic (exact) mass is 317 g/mol. The van der Waals surface area contributed by atoms with Crippen LogP contribution in [0.15, 0.2) is 18.2 Å². The Bertz CT molecular complexity index is 548. The van der Waals surface area contributed by atoms with Crippen molar-refractivity contribution in [3.8, 4) is 5.75 Å². The van der Waals surface area contributed by atoms with Crippen molar-refractivity contribution in [3.05, 3.63) is 33.3 Å². The third kappa shape index (κ3) is 4.53. The van der Waals surface area contributed by atoms with Gasteiger partial charge in [-0.2, -0.15) is 0 Å². The van der Waals surface area contributed by atoms with Gasteiger partial charge < -0.3 is 10.5 Å². The van der Waals surface area contributed by atoms with Crippen LogP contribution in [0.3, 0.4) is 0 Å². The fraction of sp³-hybridized carbons (Fsp3) is 0.333. The number of unbranched alkanes of at least 4 members (excludes halogenated alkanes) is 1. The molecule has 0 saturated carbocycles. The van der Waals surface area contributed by atoms with Crippen molar-refractivity contribution >= 4 is 39.7 Å². The topological polar surface area (TPSA) is 61.0 Å². The van der Waals surface area contributed by atoms with Gasteiger partial charge in [0.25, 0.3) is 0 Å². The van der Waals surface area contributed by atoms with E-state index < -0.39 is 0 Å². The first-order valence-corrected chi connectivity index (χ1v) is 7.38. The number of hydrogen-bond acceptors (Lipinski definition) is 5. The number of benzene rings is 1. The Balaban J connectivity index is 1.67. The van der Waals surface area contributed by atoms with Crippen LogP contribution in [0.1, 0.15) is 17.8 Å². The quantitative estimate of drug-likeness (QED) is 0.822. The molecular formula is C12H13Cl2N3OS. The summed E-state index contributed by atoms with van der Waals surface area (Å²) < 4.78 is 5.58. The molecule has 0 bridgehead atoms. The molecule has 7 heteroatoms. The molecule has 102 valence electrons. The van der Waals surface area contributed by atoms with E-state index in [1.807, 2.05) is 0 Å². The molecule has 4 nitrogen and oxygen atoms in total. The first-order valence-electron chi connectivity index (χ1n) is 5.81. The Hall–Kier alpha value is -1.04. The molecule has 19 heavy (non-hydrogen) atoms. The maximum absolute atomic E-state index is 5.90. The Morgan fingerprint density at radius 1 is 1.16 bits per heavy atom. The highest BCUT2D eigenvalue weighted by molar-refractivity contribution is 7.15. The van der Waals surface area contributed by atoms with Crippen LogP contribution in [-0.2, 0) is 6.42 Å². The number of aromatic nitrogens is 2. The van der Waals surface area contributed by atoms with Gasteiger partial charge in [-0.1, -0.05) is 34.5 Å². The predicted octanol–water partition coefficient (Wildman–Crippen LogP) is 3.83. The zero-order valence-electron chi connectivity index (χ0n) is 10.1. The van der Waals surface area contributed by atoms with Gasteiger partial charge in [-0.25, -0.2) is 0 Å². The molecule has 0 amide bonds. The van der Waals surface area contributed by atoms with Crippen molar-refractivity contribution in [3.63, 3.8) is 0 Å². The molecule has 0 radical (unpaired) electrons. The highest BCUT2D eigenvalue weighted by Crippen LogP contribution is 2.26. The van der Waals surface area contributed by atoms with E-state index in [9.17, 15) is 0 Å². The van der Waals surface area contributed by atoms with Gasteiger partial charge in [-0.05, 0) is 25.0 Å². The largest absolute Gasteiger partial charge is 0.494 e. The van der Waals surface area contributed by atoms with Crippen molar-refractivity contribution in [2.75, 3.05) is 12.3 Å². The molecule has 0 atom stereocenters. The lowest BCUT2D eigenvalue weighted by molar-refractivity contribution is 0.307. The number of aryl methyl sites for hydroxylation is 1. The van der Waals surface area contributed by atoms with E-state index in [0.717, 1.165) is 30.0 Å². The minimum atomic E-state index is 0.503. The predicted molar refractivity (Wildman–Crippen MR) is 79.2 cm³/mol. The molecule has 2 aromatic rings. The third-order valence-electron chi connectivity index (χ3n) is 2.43. The van der Waals surface area contributed by atoms with Gasteiger partial charge in [-0.15, -0.1) is 10.2 Å². The van der Waals surface area contributed by atoms with Gasteiger partial charge in [0, 0.05) is 12.5 Å². The summed E-state index contributed by atoms with van der Waals surface area (Å²) in [6, 6.07) is 5.25. The summed E-state index contributed by atoms with van der Waals surface area (Å²) in [5.74, 6) is 0.731. The lowest BCUT2D eigenvalue weighted by Crippen LogP contribution is -1.98. The molecule has 1 aromatic heterocycles. The SMILES string of the molecule is Nc1nnc(CCCCOc2ccc(Cl)c(Cl)c2)s1. The number of rotatable bonds is 6. The third-order valence-corrected chi connectivity index (χ3v) is 3.98. The summed E-state index contributed by atoms with van der Waals surface area (Å²) >= 11 is 13.2. The molecule has 0 aliphatic heterocycles. The van der Waals surface area contributed by atoms with Gasteiger partial charge in [0.15, 0.2) is 0 Å². The van der Waals surface area contributed by atoms with Crippen LogP contribution in [0.2, 0.25) is 10.0 Å². The lowest BCUT2D eigenvalue weighted by Gasteiger charge is -2.06. The van der Waals surface area contributed by atoms with Crippen LogP contribution in [0.25, 0.3) is 0 Å². The van der Waals surface area contributed by atoms with Crippen LogP contribution in [0, 0.1) is 0 Å². The van der Waals surface area contributed by atoms with E-state index in [2.05, 4.69) is 10.2 Å². The van der Waals surface area contributed by atoms with E-state index in [1.165, 1.54) is 11.3 Å². The molecule has 2 N–H and O–H groups in total. The molecule has 0 aliphatic rings. The molecule has 1 aromatic carbocycles. The summed E-state index contributed by atoms with van der Waals surface area (Å²) in [5.41, 5.74) is 5.51. The summed E-state index contributed by atoms with van der Waals surface area (Å²) in [6.45, 7) is 0.631. The van der Waals surface area contributed by atoms with E-state index in [-0.39, 0.29) is 0 Å². The fourth-order valence-electron chi connectivity index (χ4n) is 1.50. The molecular weight excluding hydrogens is 305 g/mol. The zero-order valence-corrected chi connectivity index (χ0v) is 12.4. The summed E-state index contributed by atoms with van der Waals surface area (Å²) in [6.07, 6.45) is 2.79. The summed E-state index contributed by atoms with van der Waals surface area (Å²) in [5, 5.41) is 10.2. The Labute approximate surface area is 125 Å². The molecule has 0 saturated heterocycles. The normalized spacial score (nSPS) is 10.6. The van der Waals surface area contributed by atoms with Gasteiger partial charge in [0.05, 0.1) is 16.7 Å². The molecule has 0 spiro atoms. The zero-order chi connectivity index (χ0) is 13.7. The first kappa shape index (κ1) is 14.4. The molecule has 0 unspecified atom stereocenters. The minimum absolute atomic E-state index is 0.503. The van der Waals surface area contributed by atoms with Gasteiger partial charge >= 0.3 is 0 Å². The number of anilines is 1. The second-order valence-electron chi connectivity index (χ2n) is 3.92. The van der Waals surface area contributed by atoms with Crippen molar-refractivity contribution in [2.45, 2.75) is 19.3 Å². The second kappa shape index (κ2) is 6.93. The number of nitrogens with zero attached hydrogens (tertiary/aromatic N) is 2. The Morgan fingerprint density at radius 2 is 2.00 bits per heavy atom. The van der Waals surface area contributed by atoms with Gasteiger partial charge in [0.2, 0.25) is 5.13 Å². The van der Waals surface area contributed by atoms with Crippen molar-refractivity contribution in [1.82, 2.24) is 10.2 Å². The highest BCUT2D eigenvalue weighted by Gasteiger charge is 2.02. The van der Waals surface area contributed by atoms with Crippen LogP contribution in [0.4, 0.5) is 5.13 Å². The van der Waals surface area contributed by atoms with E-state index in [0.29, 0.717) is 21.8 Å². The summed E-state index contributed by atoms with van der Waals surface area (Å²) in [7, 11) is 0. The standard InChI is InChI=1S/C12H13Cl2N3OS/c13-9-5-4-8(7-10(9)14)18-6-2-1-3-11-16-17-12(15)19-11/h4-5,7H,1-3,6H2,(H2,15,17). The van der Waals surface area contributed by atoms with Gasteiger partial charge in [-0.3, -0.25) is 0 Å². The van der Waals surface area contributed by atoms with E-state index in [1.54, 1.807) is 18.2 Å². The minimum Gasteiger partial charge on any atom is -0.494 e. The smallest absolute Gasteiger partial charge is 0.203 e. The Morgan fingerprint density at radius 3 is 2.68 bits per heavy atom. The molecule has 0 fully saturated rings. The number of nitrogen functional groups attached to an aromatic ring is 1. The average Bonchev–Trinajstić information content (AvgIpc) is 2.79. The highest BCUT2D eigenvalue weighted by atomic mass is 35.5. The second-order valence-corrected chi connectivity index (χ2v) is 5.82. The van der Waals surface area contributed by atoms with Crippen LogP contribution >= 0.6 is 34.5 Å². The number of halogens is 2. The Kier molecular flexibility index (Phi) is 5.24. The van der Waals surface area contributed by atoms with Crippen LogP contribution < -0.4 is 10.5 Å².